The maximum Gasteiger partial charge on any atom is 0.250 e. The van der Waals surface area contributed by atoms with E-state index in [9.17, 15) is 4.79 Å². The van der Waals surface area contributed by atoms with Crippen molar-refractivity contribution in [3.63, 3.8) is 0 Å². The largest absolute Gasteiger partial charge is 0.352 e. The number of fused-ring (bicyclic) bond motifs is 1. The Balaban J connectivity index is 2.14. The highest BCUT2D eigenvalue weighted by molar-refractivity contribution is 5.97. The summed E-state index contributed by atoms with van der Waals surface area (Å²) in [5.41, 5.74) is 3.22. The van der Waals surface area contributed by atoms with E-state index in [2.05, 4.69) is 17.4 Å². The summed E-state index contributed by atoms with van der Waals surface area (Å²) in [6.07, 6.45) is 7.69. The summed E-state index contributed by atoms with van der Waals surface area (Å²) in [5.74, 6) is 0.0240. The minimum atomic E-state index is 0.0240. The van der Waals surface area contributed by atoms with E-state index in [4.69, 9.17) is 0 Å². The van der Waals surface area contributed by atoms with Crippen LogP contribution in [0.15, 0.2) is 42.0 Å². The van der Waals surface area contributed by atoms with Crippen molar-refractivity contribution in [2.45, 2.75) is 19.8 Å². The third-order valence-electron chi connectivity index (χ3n) is 2.84. The van der Waals surface area contributed by atoms with Gasteiger partial charge in [0.15, 0.2) is 0 Å². The van der Waals surface area contributed by atoms with Gasteiger partial charge in [-0.3, -0.25) is 4.79 Å². The van der Waals surface area contributed by atoms with Crippen LogP contribution >= 0.6 is 0 Å². The Labute approximate surface area is 102 Å². The van der Waals surface area contributed by atoms with Crippen molar-refractivity contribution in [1.82, 2.24) is 5.32 Å². The number of allylic oxidation sites excluding steroid dienone is 1. The van der Waals surface area contributed by atoms with Crippen molar-refractivity contribution < 1.29 is 4.79 Å². The van der Waals surface area contributed by atoms with Crippen molar-refractivity contribution in [2.75, 3.05) is 6.54 Å². The lowest BCUT2D eigenvalue weighted by atomic mass is 10.1. The molecular weight excluding hydrogens is 210 g/mol. The molecule has 1 aliphatic rings. The van der Waals surface area contributed by atoms with Gasteiger partial charge < -0.3 is 5.32 Å². The number of amides is 1. The third-order valence-corrected chi connectivity index (χ3v) is 2.84. The van der Waals surface area contributed by atoms with Crippen LogP contribution in [0.25, 0.3) is 6.08 Å². The van der Waals surface area contributed by atoms with Crippen LogP contribution in [0.3, 0.4) is 0 Å². The Kier molecular flexibility index (Phi) is 3.76. The standard InChI is InChI=1S/C15H17NO/c1-2-11-16-15(17)14-9-7-12-5-3-4-6-13(12)8-10-14/h3-7,9-10H,2,8,11H2,1H3,(H,16,17). The van der Waals surface area contributed by atoms with Crippen molar-refractivity contribution >= 4 is 12.0 Å². The third kappa shape index (κ3) is 2.84. The maximum atomic E-state index is 11.8. The van der Waals surface area contributed by atoms with Gasteiger partial charge in [0.1, 0.15) is 0 Å². The molecule has 1 amide bonds. The Morgan fingerprint density at radius 1 is 1.29 bits per heavy atom. The second-order valence-electron chi connectivity index (χ2n) is 4.15. The molecule has 1 N–H and O–H groups in total. The number of hydrogen-bond acceptors (Lipinski definition) is 1. The highest BCUT2D eigenvalue weighted by Crippen LogP contribution is 2.17. The quantitative estimate of drug-likeness (QED) is 0.845. The molecule has 0 aliphatic heterocycles. The van der Waals surface area contributed by atoms with Gasteiger partial charge in [-0.25, -0.2) is 0 Å². The molecule has 2 nitrogen and oxygen atoms in total. The lowest BCUT2D eigenvalue weighted by Crippen LogP contribution is -2.24. The molecule has 0 unspecified atom stereocenters. The second kappa shape index (κ2) is 5.48. The van der Waals surface area contributed by atoms with Gasteiger partial charge in [0.2, 0.25) is 0 Å². The molecule has 0 aromatic heterocycles. The van der Waals surface area contributed by atoms with Crippen LogP contribution in [0.5, 0.6) is 0 Å². The minimum absolute atomic E-state index is 0.0240. The topological polar surface area (TPSA) is 29.1 Å². The summed E-state index contributed by atoms with van der Waals surface area (Å²) in [7, 11) is 0. The van der Waals surface area contributed by atoms with Crippen LogP contribution in [0, 0.1) is 0 Å². The number of nitrogens with one attached hydrogen (secondary N) is 1. The van der Waals surface area contributed by atoms with Crippen LogP contribution in [-0.4, -0.2) is 12.5 Å². The molecule has 1 aromatic rings. The van der Waals surface area contributed by atoms with Crippen LogP contribution in [0.1, 0.15) is 24.5 Å². The summed E-state index contributed by atoms with van der Waals surface area (Å²) in [4.78, 5) is 11.8. The number of rotatable bonds is 3. The molecule has 2 rings (SSSR count). The smallest absolute Gasteiger partial charge is 0.250 e. The van der Waals surface area contributed by atoms with E-state index in [0.29, 0.717) is 0 Å². The zero-order valence-electron chi connectivity index (χ0n) is 10.1. The zero-order chi connectivity index (χ0) is 12.1. The number of carbonyl (C=O) groups is 1. The van der Waals surface area contributed by atoms with Crippen LogP contribution in [0.2, 0.25) is 0 Å². The van der Waals surface area contributed by atoms with E-state index in [1.165, 1.54) is 11.1 Å². The van der Waals surface area contributed by atoms with E-state index >= 15 is 0 Å². The van der Waals surface area contributed by atoms with Gasteiger partial charge in [-0.1, -0.05) is 43.3 Å². The molecule has 1 aromatic carbocycles. The SMILES string of the molecule is CCCNC(=O)C1=CCc2ccccc2C=C1. The van der Waals surface area contributed by atoms with Crippen molar-refractivity contribution in [1.29, 1.82) is 0 Å². The van der Waals surface area contributed by atoms with Gasteiger partial charge in [0, 0.05) is 12.1 Å². The van der Waals surface area contributed by atoms with Gasteiger partial charge in [-0.15, -0.1) is 0 Å². The molecule has 0 atom stereocenters. The first-order valence-corrected chi connectivity index (χ1v) is 6.05. The van der Waals surface area contributed by atoms with Gasteiger partial charge in [-0.05, 0) is 30.0 Å². The Morgan fingerprint density at radius 3 is 2.94 bits per heavy atom. The summed E-state index contributed by atoms with van der Waals surface area (Å²) < 4.78 is 0. The number of hydrogen-bond donors (Lipinski definition) is 1. The van der Waals surface area contributed by atoms with E-state index < -0.39 is 0 Å². The van der Waals surface area contributed by atoms with Gasteiger partial charge in [-0.2, -0.15) is 0 Å². The lowest BCUT2D eigenvalue weighted by molar-refractivity contribution is -0.117. The molecule has 17 heavy (non-hydrogen) atoms. The molecule has 0 radical (unpaired) electrons. The fraction of sp³-hybridized carbons (Fsp3) is 0.267. The Morgan fingerprint density at radius 2 is 2.12 bits per heavy atom. The molecule has 0 bridgehead atoms. The number of carbonyl (C=O) groups excluding carboxylic acids is 1. The molecule has 0 fully saturated rings. The molecule has 0 spiro atoms. The first kappa shape index (κ1) is 11.6. The first-order valence-electron chi connectivity index (χ1n) is 6.05. The molecule has 88 valence electrons. The molecule has 2 heteroatoms. The minimum Gasteiger partial charge on any atom is -0.352 e. The van der Waals surface area contributed by atoms with Crippen LogP contribution in [0.4, 0.5) is 0 Å². The molecule has 0 heterocycles. The fourth-order valence-corrected chi connectivity index (χ4v) is 1.86. The van der Waals surface area contributed by atoms with E-state index in [-0.39, 0.29) is 5.91 Å². The molecule has 0 saturated carbocycles. The van der Waals surface area contributed by atoms with Crippen molar-refractivity contribution in [3.05, 3.63) is 53.1 Å². The van der Waals surface area contributed by atoms with E-state index in [1.54, 1.807) is 0 Å². The second-order valence-corrected chi connectivity index (χ2v) is 4.15. The molecule has 0 saturated heterocycles. The summed E-state index contributed by atoms with van der Waals surface area (Å²) in [6, 6.07) is 8.23. The fourth-order valence-electron chi connectivity index (χ4n) is 1.86. The summed E-state index contributed by atoms with van der Waals surface area (Å²) in [6.45, 7) is 2.78. The summed E-state index contributed by atoms with van der Waals surface area (Å²) >= 11 is 0. The molecular formula is C15H17NO. The lowest BCUT2D eigenvalue weighted by Gasteiger charge is -2.03. The van der Waals surface area contributed by atoms with Gasteiger partial charge >= 0.3 is 0 Å². The highest BCUT2D eigenvalue weighted by Gasteiger charge is 2.08. The van der Waals surface area contributed by atoms with Gasteiger partial charge in [0.05, 0.1) is 0 Å². The maximum absolute atomic E-state index is 11.8. The summed E-state index contributed by atoms with van der Waals surface area (Å²) in [5, 5.41) is 2.90. The van der Waals surface area contributed by atoms with Crippen molar-refractivity contribution in [3.8, 4) is 0 Å². The predicted octanol–water partition coefficient (Wildman–Crippen LogP) is 2.71. The average Bonchev–Trinajstić information content (AvgIpc) is 2.58. The first-order chi connectivity index (χ1) is 8.31. The normalized spacial score (nSPS) is 13.6. The highest BCUT2D eigenvalue weighted by atomic mass is 16.1. The van der Waals surface area contributed by atoms with Crippen LogP contribution in [-0.2, 0) is 11.2 Å². The predicted molar refractivity (Wildman–Crippen MR) is 70.6 cm³/mol. The number of benzene rings is 1. The van der Waals surface area contributed by atoms with Gasteiger partial charge in [0.25, 0.3) is 5.91 Å². The Bertz CT molecular complexity index is 472. The van der Waals surface area contributed by atoms with Crippen molar-refractivity contribution in [2.24, 2.45) is 0 Å². The average molecular weight is 227 g/mol. The Hall–Kier alpha value is -1.83. The zero-order valence-corrected chi connectivity index (χ0v) is 10.1. The van der Waals surface area contributed by atoms with E-state index in [1.807, 2.05) is 37.3 Å². The monoisotopic (exact) mass is 227 g/mol. The van der Waals surface area contributed by atoms with E-state index in [0.717, 1.165) is 25.0 Å². The van der Waals surface area contributed by atoms with Crippen LogP contribution < -0.4 is 5.32 Å². The molecule has 1 aliphatic carbocycles.